The third-order valence-corrected chi connectivity index (χ3v) is 4.17. The van der Waals surface area contributed by atoms with Crippen molar-refractivity contribution < 1.29 is 22.8 Å². The molecule has 0 aliphatic heterocycles. The first-order chi connectivity index (χ1) is 15.1. The first kappa shape index (κ1) is 27.3. The van der Waals surface area contributed by atoms with Gasteiger partial charge in [0.2, 0.25) is 11.9 Å². The minimum absolute atomic E-state index is 0. The molecule has 0 saturated carbocycles. The number of pyridine rings is 1. The number of aryl methyl sites for hydroxylation is 1. The molecular weight excluding hydrogens is 463 g/mol. The van der Waals surface area contributed by atoms with Gasteiger partial charge in [0.25, 0.3) is 0 Å². The molecule has 0 radical (unpaired) electrons. The molecule has 0 unspecified atom stereocenters. The van der Waals surface area contributed by atoms with Gasteiger partial charge in [-0.3, -0.25) is 9.78 Å². The summed E-state index contributed by atoms with van der Waals surface area (Å²) < 4.78 is 43.7. The van der Waals surface area contributed by atoms with Crippen molar-refractivity contribution in [3.05, 3.63) is 58.7 Å². The number of carbonyl (C=O) groups is 1. The summed E-state index contributed by atoms with van der Waals surface area (Å²) in [4.78, 5) is 20.5. The fourth-order valence-electron chi connectivity index (χ4n) is 2.60. The summed E-state index contributed by atoms with van der Waals surface area (Å²) in [5.74, 6) is -5.24. The molecule has 1 aromatic heterocycles. The molecule has 0 bridgehead atoms. The van der Waals surface area contributed by atoms with Gasteiger partial charge in [-0.15, -0.1) is 12.4 Å². The van der Waals surface area contributed by atoms with Crippen LogP contribution in [0.15, 0.2) is 35.6 Å². The molecule has 0 fully saturated rings. The van der Waals surface area contributed by atoms with Crippen LogP contribution in [-0.2, 0) is 22.0 Å². The maximum Gasteiger partial charge on any atom is 0.306 e. The van der Waals surface area contributed by atoms with Crippen LogP contribution in [-0.4, -0.2) is 36.5 Å². The van der Waals surface area contributed by atoms with Crippen LogP contribution in [0.25, 0.3) is 0 Å². The zero-order chi connectivity index (χ0) is 23.7. The first-order valence-electron chi connectivity index (χ1n) is 9.38. The number of amides is 1. The van der Waals surface area contributed by atoms with Crippen LogP contribution in [0.1, 0.15) is 22.4 Å². The number of rotatable bonds is 10. The Bertz CT molecular complexity index is 1020. The van der Waals surface area contributed by atoms with Gasteiger partial charge in [-0.1, -0.05) is 6.07 Å². The highest BCUT2D eigenvalue weighted by Crippen LogP contribution is 2.29. The predicted octanol–water partition coefficient (Wildman–Crippen LogP) is 1.89. The van der Waals surface area contributed by atoms with Gasteiger partial charge < -0.3 is 26.9 Å². The average Bonchev–Trinajstić information content (AvgIpc) is 2.74. The van der Waals surface area contributed by atoms with E-state index in [1.807, 2.05) is 0 Å². The van der Waals surface area contributed by atoms with Crippen LogP contribution in [0.4, 0.5) is 18.9 Å². The van der Waals surface area contributed by atoms with E-state index in [0.29, 0.717) is 0 Å². The summed E-state index contributed by atoms with van der Waals surface area (Å²) in [5, 5.41) is 17.3. The smallest absolute Gasteiger partial charge is 0.306 e. The van der Waals surface area contributed by atoms with Gasteiger partial charge in [0.05, 0.1) is 36.8 Å². The maximum absolute atomic E-state index is 14.9. The number of guanidine groups is 1. The Morgan fingerprint density at radius 3 is 2.64 bits per heavy atom. The van der Waals surface area contributed by atoms with E-state index in [1.165, 1.54) is 24.4 Å². The highest BCUT2D eigenvalue weighted by molar-refractivity contribution is 5.85. The van der Waals surface area contributed by atoms with Gasteiger partial charge >= 0.3 is 5.92 Å². The lowest BCUT2D eigenvalue weighted by atomic mass is 10.0. The van der Waals surface area contributed by atoms with Crippen molar-refractivity contribution in [1.82, 2.24) is 10.3 Å². The summed E-state index contributed by atoms with van der Waals surface area (Å²) in [6.07, 6.45) is 0.826. The van der Waals surface area contributed by atoms with Crippen molar-refractivity contribution in [3.8, 4) is 6.07 Å². The van der Waals surface area contributed by atoms with Gasteiger partial charge in [-0.25, -0.2) is 4.39 Å². The monoisotopic (exact) mass is 485 g/mol. The zero-order valence-corrected chi connectivity index (χ0v) is 18.4. The Labute approximate surface area is 194 Å². The number of aromatic nitrogens is 1. The number of nitrogens with two attached hydrogens (primary N) is 2. The van der Waals surface area contributed by atoms with Crippen LogP contribution in [0.5, 0.6) is 0 Å². The Balaban J connectivity index is 0.00000544. The summed E-state index contributed by atoms with van der Waals surface area (Å²) >= 11 is 0. The van der Waals surface area contributed by atoms with Crippen LogP contribution in [0.2, 0.25) is 0 Å². The third-order valence-electron chi connectivity index (χ3n) is 4.17. The molecule has 2 aromatic rings. The predicted molar refractivity (Wildman–Crippen MR) is 118 cm³/mol. The number of alkyl halides is 2. The van der Waals surface area contributed by atoms with E-state index in [2.05, 4.69) is 20.8 Å². The van der Waals surface area contributed by atoms with Gasteiger partial charge in [0.15, 0.2) is 5.82 Å². The van der Waals surface area contributed by atoms with Crippen LogP contribution in [0.3, 0.4) is 0 Å². The Hall–Kier alpha value is -3.72. The second-order valence-electron chi connectivity index (χ2n) is 6.72. The molecule has 0 atom stereocenters. The molecule has 0 spiro atoms. The number of benzene rings is 1. The van der Waals surface area contributed by atoms with Gasteiger partial charge in [-0.05, 0) is 35.8 Å². The molecule has 6 N–H and O–H groups in total. The molecule has 1 aromatic carbocycles. The number of nitriles is 1. The summed E-state index contributed by atoms with van der Waals surface area (Å²) in [7, 11) is 0. The van der Waals surface area contributed by atoms with Crippen molar-refractivity contribution in [2.45, 2.75) is 19.3 Å². The summed E-state index contributed by atoms with van der Waals surface area (Å²) in [6, 6.07) is 6.89. The Kier molecular flexibility index (Phi) is 10.2. The van der Waals surface area contributed by atoms with Crippen molar-refractivity contribution >= 4 is 30.0 Å². The van der Waals surface area contributed by atoms with Crippen molar-refractivity contribution in [2.75, 3.05) is 25.0 Å². The zero-order valence-electron chi connectivity index (χ0n) is 17.6. The van der Waals surface area contributed by atoms with Crippen molar-refractivity contribution in [1.29, 1.82) is 5.26 Å². The standard InChI is InChI=1S/C20H22F3N7O2.ClH/c1-12-2-5-16(28-10-12)20(22,23)11-29-15-4-3-13(9-24)14(18(15)21)8-17(31)27-6-7-32-30-19(25)26;/h2-5,10,29H,6-8,11H2,1H3,(H,27,31)(H4,25,26,30);1H. The Morgan fingerprint density at radius 2 is 2.03 bits per heavy atom. The molecule has 13 heteroatoms. The van der Waals surface area contributed by atoms with E-state index in [-0.39, 0.29) is 48.3 Å². The molecule has 33 heavy (non-hydrogen) atoms. The minimum atomic E-state index is -3.37. The molecular formula is C20H23ClF3N7O2. The molecule has 0 saturated heterocycles. The number of hydrogen-bond donors (Lipinski definition) is 4. The minimum Gasteiger partial charge on any atom is -0.391 e. The van der Waals surface area contributed by atoms with Crippen molar-refractivity contribution in [3.63, 3.8) is 0 Å². The second kappa shape index (κ2) is 12.4. The van der Waals surface area contributed by atoms with E-state index in [9.17, 15) is 23.2 Å². The molecule has 0 aliphatic rings. The van der Waals surface area contributed by atoms with Gasteiger partial charge in [0.1, 0.15) is 12.3 Å². The number of nitrogens with zero attached hydrogens (tertiary/aromatic N) is 3. The second-order valence-corrected chi connectivity index (χ2v) is 6.72. The van der Waals surface area contributed by atoms with Crippen molar-refractivity contribution in [2.24, 2.45) is 16.6 Å². The third kappa shape index (κ3) is 8.04. The van der Waals surface area contributed by atoms with E-state index in [1.54, 1.807) is 13.0 Å². The van der Waals surface area contributed by atoms with Gasteiger partial charge in [0, 0.05) is 11.8 Å². The van der Waals surface area contributed by atoms with E-state index < -0.39 is 36.3 Å². The Morgan fingerprint density at radius 1 is 1.30 bits per heavy atom. The highest BCUT2D eigenvalue weighted by atomic mass is 35.5. The maximum atomic E-state index is 14.9. The topological polar surface area (TPSA) is 151 Å². The molecule has 0 aliphatic carbocycles. The number of nitrogens with one attached hydrogen (secondary N) is 2. The lowest BCUT2D eigenvalue weighted by Gasteiger charge is -2.18. The molecule has 2 rings (SSSR count). The number of carbonyl (C=O) groups excluding carboxylic acids is 1. The highest BCUT2D eigenvalue weighted by Gasteiger charge is 2.33. The van der Waals surface area contributed by atoms with Crippen LogP contribution >= 0.6 is 12.4 Å². The lowest BCUT2D eigenvalue weighted by Crippen LogP contribution is -2.30. The number of anilines is 1. The molecule has 1 amide bonds. The SMILES string of the molecule is Cc1ccc(C(F)(F)CNc2ccc(C#N)c(CC(=O)NCCON=C(N)N)c2F)nc1.Cl. The quantitative estimate of drug-likeness (QED) is 0.173. The normalized spacial score (nSPS) is 10.4. The summed E-state index contributed by atoms with van der Waals surface area (Å²) in [5.41, 5.74) is 9.83. The number of halogens is 4. The molecule has 178 valence electrons. The number of hydrogen-bond acceptors (Lipinski definition) is 6. The van der Waals surface area contributed by atoms with Gasteiger partial charge in [-0.2, -0.15) is 14.0 Å². The van der Waals surface area contributed by atoms with Crippen LogP contribution < -0.4 is 22.1 Å². The fraction of sp³-hybridized carbons (Fsp3) is 0.300. The first-order valence-corrected chi connectivity index (χ1v) is 9.38. The number of oxime groups is 1. The summed E-state index contributed by atoms with van der Waals surface area (Å²) in [6.45, 7) is 0.765. The van der Waals surface area contributed by atoms with E-state index in [0.717, 1.165) is 11.6 Å². The molecule has 9 nitrogen and oxygen atoms in total. The van der Waals surface area contributed by atoms with E-state index >= 15 is 0 Å². The van der Waals surface area contributed by atoms with Crippen LogP contribution in [0, 0.1) is 24.1 Å². The fourth-order valence-corrected chi connectivity index (χ4v) is 2.60. The average molecular weight is 486 g/mol. The largest absolute Gasteiger partial charge is 0.391 e. The molecule has 1 heterocycles. The van der Waals surface area contributed by atoms with E-state index in [4.69, 9.17) is 16.3 Å². The lowest BCUT2D eigenvalue weighted by molar-refractivity contribution is -0.120.